The van der Waals surface area contributed by atoms with E-state index < -0.39 is 11.6 Å². The molecule has 112 valence electrons. The summed E-state index contributed by atoms with van der Waals surface area (Å²) >= 11 is 1.55. The van der Waals surface area contributed by atoms with Gasteiger partial charge in [0, 0.05) is 11.6 Å². The molecular weight excluding hydrogens is 305 g/mol. The van der Waals surface area contributed by atoms with Crippen LogP contribution in [0.5, 0.6) is 0 Å². The van der Waals surface area contributed by atoms with Crippen molar-refractivity contribution in [2.24, 2.45) is 5.73 Å². The number of amides is 1. The minimum atomic E-state index is -0.425. The molecule has 19 heavy (non-hydrogen) atoms. The molecule has 0 fully saturated rings. The molecule has 1 rings (SSSR count). The van der Waals surface area contributed by atoms with Gasteiger partial charge in [0.2, 0.25) is 5.91 Å². The Kier molecular flexibility index (Phi) is 10.5. The molecule has 2 atom stereocenters. The number of nitrogens with two attached hydrogens (primary N) is 1. The largest absolute Gasteiger partial charge is 0.343 e. The Balaban J connectivity index is 0. The Morgan fingerprint density at radius 1 is 1.53 bits per heavy atom. The second-order valence-electron chi connectivity index (χ2n) is 4.41. The number of hydrogen-bond acceptors (Lipinski definition) is 4. The summed E-state index contributed by atoms with van der Waals surface area (Å²) in [6.45, 7) is 6.04. The molecule has 1 aromatic rings. The lowest BCUT2D eigenvalue weighted by Crippen LogP contribution is -2.50. The molecule has 3 N–H and O–H groups in total. The van der Waals surface area contributed by atoms with Gasteiger partial charge in [-0.2, -0.15) is 0 Å². The number of carbonyl (C=O) groups is 1. The van der Waals surface area contributed by atoms with Crippen molar-refractivity contribution in [1.29, 1.82) is 0 Å². The standard InChI is InChI=1S/C12H21N3OS.2ClH/c1-4-6-9(13)10(16)15-12(3,5-2)11-14-7-8-17-11;;/h7-9H,4-6,13H2,1-3H3,(H,15,16);2*1H. The van der Waals surface area contributed by atoms with Crippen LogP contribution in [0.4, 0.5) is 0 Å². The minimum absolute atomic E-state index is 0. The van der Waals surface area contributed by atoms with E-state index in [4.69, 9.17) is 5.73 Å². The zero-order chi connectivity index (χ0) is 12.9. The first kappa shape index (κ1) is 20.9. The van der Waals surface area contributed by atoms with Crippen LogP contribution in [-0.2, 0) is 10.3 Å². The van der Waals surface area contributed by atoms with Gasteiger partial charge in [0.25, 0.3) is 0 Å². The number of rotatable bonds is 6. The molecule has 0 radical (unpaired) electrons. The van der Waals surface area contributed by atoms with Gasteiger partial charge in [0.15, 0.2) is 0 Å². The SMILES string of the molecule is CCCC(N)C(=O)NC(C)(CC)c1nccs1.Cl.Cl. The van der Waals surface area contributed by atoms with E-state index in [1.165, 1.54) is 0 Å². The molecule has 0 spiro atoms. The smallest absolute Gasteiger partial charge is 0.237 e. The first-order valence-corrected chi connectivity index (χ1v) is 6.89. The monoisotopic (exact) mass is 327 g/mol. The Morgan fingerprint density at radius 2 is 2.16 bits per heavy atom. The van der Waals surface area contributed by atoms with Gasteiger partial charge in [-0.25, -0.2) is 4.98 Å². The van der Waals surface area contributed by atoms with Crippen LogP contribution >= 0.6 is 36.2 Å². The van der Waals surface area contributed by atoms with Crippen LogP contribution < -0.4 is 11.1 Å². The summed E-state index contributed by atoms with van der Waals surface area (Å²) in [6.07, 6.45) is 4.18. The maximum atomic E-state index is 11.9. The highest BCUT2D eigenvalue weighted by Crippen LogP contribution is 2.26. The van der Waals surface area contributed by atoms with Gasteiger partial charge < -0.3 is 11.1 Å². The molecule has 0 saturated heterocycles. The van der Waals surface area contributed by atoms with Crippen molar-refractivity contribution in [2.45, 2.75) is 51.6 Å². The van der Waals surface area contributed by atoms with E-state index in [1.54, 1.807) is 17.5 Å². The summed E-state index contributed by atoms with van der Waals surface area (Å²) in [5.41, 5.74) is 5.41. The predicted octanol–water partition coefficient (Wildman–Crippen LogP) is 2.86. The normalized spacial score (nSPS) is 14.5. The average molecular weight is 328 g/mol. The second kappa shape index (κ2) is 9.53. The summed E-state index contributed by atoms with van der Waals surface area (Å²) in [6, 6.07) is -0.425. The number of nitrogens with zero attached hydrogens (tertiary/aromatic N) is 1. The van der Waals surface area contributed by atoms with Gasteiger partial charge in [-0.3, -0.25) is 4.79 Å². The van der Waals surface area contributed by atoms with Gasteiger partial charge >= 0.3 is 0 Å². The summed E-state index contributed by atoms with van der Waals surface area (Å²) in [7, 11) is 0. The predicted molar refractivity (Wildman–Crippen MR) is 85.3 cm³/mol. The molecule has 4 nitrogen and oxygen atoms in total. The number of nitrogens with one attached hydrogen (secondary N) is 1. The fourth-order valence-electron chi connectivity index (χ4n) is 1.60. The van der Waals surface area contributed by atoms with Gasteiger partial charge in [-0.15, -0.1) is 36.2 Å². The van der Waals surface area contributed by atoms with E-state index >= 15 is 0 Å². The van der Waals surface area contributed by atoms with E-state index in [0.717, 1.165) is 17.8 Å². The highest BCUT2D eigenvalue weighted by atomic mass is 35.5. The first-order valence-electron chi connectivity index (χ1n) is 6.01. The molecule has 1 aromatic heterocycles. The molecular formula is C12H23Cl2N3OS. The van der Waals surface area contributed by atoms with Crippen LogP contribution in [0.2, 0.25) is 0 Å². The van der Waals surface area contributed by atoms with Crippen molar-refractivity contribution >= 4 is 42.1 Å². The van der Waals surface area contributed by atoms with Crippen LogP contribution in [0.15, 0.2) is 11.6 Å². The van der Waals surface area contributed by atoms with Crippen molar-refractivity contribution in [3.8, 4) is 0 Å². The molecule has 0 saturated carbocycles. The molecule has 1 amide bonds. The van der Waals surface area contributed by atoms with Crippen LogP contribution in [0.1, 0.15) is 45.0 Å². The second-order valence-corrected chi connectivity index (χ2v) is 5.30. The Bertz CT molecular complexity index is 362. The van der Waals surface area contributed by atoms with Crippen molar-refractivity contribution in [1.82, 2.24) is 10.3 Å². The zero-order valence-electron chi connectivity index (χ0n) is 11.5. The lowest BCUT2D eigenvalue weighted by Gasteiger charge is -2.28. The quantitative estimate of drug-likeness (QED) is 0.844. The molecule has 0 aliphatic rings. The van der Waals surface area contributed by atoms with Crippen molar-refractivity contribution in [3.63, 3.8) is 0 Å². The van der Waals surface area contributed by atoms with Gasteiger partial charge in [0.1, 0.15) is 5.01 Å². The average Bonchev–Trinajstić information content (AvgIpc) is 2.83. The number of halogens is 2. The zero-order valence-corrected chi connectivity index (χ0v) is 14.0. The highest BCUT2D eigenvalue weighted by Gasteiger charge is 2.30. The number of aromatic nitrogens is 1. The minimum Gasteiger partial charge on any atom is -0.343 e. The summed E-state index contributed by atoms with van der Waals surface area (Å²) < 4.78 is 0. The number of hydrogen-bond donors (Lipinski definition) is 2. The summed E-state index contributed by atoms with van der Waals surface area (Å²) in [5.74, 6) is -0.0913. The Hall–Kier alpha value is -0.360. The number of thiazole rings is 1. The summed E-state index contributed by atoms with van der Waals surface area (Å²) in [4.78, 5) is 16.2. The Morgan fingerprint density at radius 3 is 2.58 bits per heavy atom. The van der Waals surface area contributed by atoms with E-state index in [9.17, 15) is 4.79 Å². The first-order chi connectivity index (χ1) is 8.03. The summed E-state index contributed by atoms with van der Waals surface area (Å²) in [5, 5.41) is 5.86. The van der Waals surface area contributed by atoms with Crippen LogP contribution in [0, 0.1) is 0 Å². The molecule has 2 unspecified atom stereocenters. The number of carbonyl (C=O) groups excluding carboxylic acids is 1. The fourth-order valence-corrected chi connectivity index (χ4v) is 2.42. The third-order valence-corrected chi connectivity index (χ3v) is 3.98. The Labute approximate surface area is 131 Å². The lowest BCUT2D eigenvalue weighted by atomic mass is 9.98. The van der Waals surface area contributed by atoms with Crippen LogP contribution in [-0.4, -0.2) is 16.9 Å². The molecule has 0 bridgehead atoms. The van der Waals surface area contributed by atoms with E-state index in [1.807, 2.05) is 26.2 Å². The maximum absolute atomic E-state index is 11.9. The van der Waals surface area contributed by atoms with Gasteiger partial charge in [-0.1, -0.05) is 20.3 Å². The lowest BCUT2D eigenvalue weighted by molar-refractivity contribution is -0.124. The van der Waals surface area contributed by atoms with Crippen LogP contribution in [0.3, 0.4) is 0 Å². The molecule has 0 aliphatic heterocycles. The van der Waals surface area contributed by atoms with E-state index in [-0.39, 0.29) is 30.7 Å². The van der Waals surface area contributed by atoms with Gasteiger partial charge in [-0.05, 0) is 19.8 Å². The molecule has 0 aliphatic carbocycles. The topological polar surface area (TPSA) is 68.0 Å². The van der Waals surface area contributed by atoms with E-state index in [2.05, 4.69) is 10.3 Å². The third kappa shape index (κ3) is 5.65. The highest BCUT2D eigenvalue weighted by molar-refractivity contribution is 7.09. The molecule has 0 aromatic carbocycles. The van der Waals surface area contributed by atoms with Crippen molar-refractivity contribution in [2.75, 3.05) is 0 Å². The fraction of sp³-hybridized carbons (Fsp3) is 0.667. The molecule has 7 heteroatoms. The van der Waals surface area contributed by atoms with Crippen LogP contribution in [0.25, 0.3) is 0 Å². The van der Waals surface area contributed by atoms with E-state index in [0.29, 0.717) is 6.42 Å². The third-order valence-electron chi connectivity index (χ3n) is 2.95. The van der Waals surface area contributed by atoms with Crippen molar-refractivity contribution in [3.05, 3.63) is 16.6 Å². The van der Waals surface area contributed by atoms with Gasteiger partial charge in [0.05, 0.1) is 11.6 Å². The van der Waals surface area contributed by atoms with Crippen molar-refractivity contribution < 1.29 is 4.79 Å². The maximum Gasteiger partial charge on any atom is 0.237 e. The molecule has 1 heterocycles.